The summed E-state index contributed by atoms with van der Waals surface area (Å²) in [5, 5.41) is 12.6. The topological polar surface area (TPSA) is 92.7 Å². The van der Waals surface area contributed by atoms with Crippen LogP contribution in [0.3, 0.4) is 0 Å². The van der Waals surface area contributed by atoms with Crippen molar-refractivity contribution in [3.05, 3.63) is 104 Å². The molecule has 182 valence electrons. The van der Waals surface area contributed by atoms with Crippen LogP contribution in [0, 0.1) is 25.2 Å². The molecule has 0 saturated carbocycles. The summed E-state index contributed by atoms with van der Waals surface area (Å²) in [5.74, 6) is 0.0583. The number of hydrogen-bond donors (Lipinski definition) is 1. The van der Waals surface area contributed by atoms with E-state index in [1.54, 1.807) is 41.4 Å². The van der Waals surface area contributed by atoms with Gasteiger partial charge in [-0.25, -0.2) is 0 Å². The van der Waals surface area contributed by atoms with Gasteiger partial charge >= 0.3 is 0 Å². The van der Waals surface area contributed by atoms with Crippen molar-refractivity contribution in [3.63, 3.8) is 0 Å². The molecule has 0 bridgehead atoms. The Morgan fingerprint density at radius 1 is 1.00 bits per heavy atom. The Morgan fingerprint density at radius 3 is 2.33 bits per heavy atom. The lowest BCUT2D eigenvalue weighted by Crippen LogP contribution is -2.21. The molecular formula is C29H29N5O2. The highest BCUT2D eigenvalue weighted by Crippen LogP contribution is 2.41. The molecule has 0 radical (unpaired) electrons. The Labute approximate surface area is 210 Å². The van der Waals surface area contributed by atoms with Crippen molar-refractivity contribution >= 4 is 5.69 Å². The lowest BCUT2D eigenvalue weighted by atomic mass is 9.86. The molecule has 5 rings (SSSR count). The van der Waals surface area contributed by atoms with E-state index in [2.05, 4.69) is 28.5 Å². The smallest absolute Gasteiger partial charge is 0.273 e. The molecule has 0 amide bonds. The van der Waals surface area contributed by atoms with Crippen molar-refractivity contribution in [1.82, 2.24) is 14.1 Å². The third-order valence-electron chi connectivity index (χ3n) is 6.82. The maximum atomic E-state index is 13.1. The van der Waals surface area contributed by atoms with Gasteiger partial charge in [0.1, 0.15) is 5.69 Å². The standard InChI is InChI=1S/C29H27N5O2.H2/c1-17-9-20(10-18(2)32-17)11-22-14-31-28-27(22)25(16-34(4)29(28)36)23-12-26(35)33(3)15-24(23)21-7-5-19(13-30)6-8-21;/h5-10,12,15-16,22,31H,11,14H2,1-4H3;1H. The van der Waals surface area contributed by atoms with Crippen LogP contribution < -0.4 is 16.4 Å². The van der Waals surface area contributed by atoms with Crippen LogP contribution in [-0.2, 0) is 20.5 Å². The van der Waals surface area contributed by atoms with E-state index in [4.69, 9.17) is 0 Å². The van der Waals surface area contributed by atoms with Gasteiger partial charge in [-0.2, -0.15) is 5.26 Å². The Bertz CT molecular complexity index is 1640. The van der Waals surface area contributed by atoms with Gasteiger partial charge in [0.05, 0.1) is 11.6 Å². The summed E-state index contributed by atoms with van der Waals surface area (Å²) in [6.07, 6.45) is 4.41. The highest BCUT2D eigenvalue weighted by molar-refractivity contribution is 5.87. The molecule has 1 aromatic carbocycles. The van der Waals surface area contributed by atoms with Crippen LogP contribution in [0.1, 0.15) is 35.4 Å². The van der Waals surface area contributed by atoms with E-state index in [0.717, 1.165) is 45.6 Å². The van der Waals surface area contributed by atoms with Gasteiger partial charge in [0.2, 0.25) is 0 Å². The number of aryl methyl sites for hydroxylation is 4. The molecule has 36 heavy (non-hydrogen) atoms. The van der Waals surface area contributed by atoms with E-state index in [1.165, 1.54) is 5.56 Å². The molecule has 1 unspecified atom stereocenters. The van der Waals surface area contributed by atoms with E-state index >= 15 is 0 Å². The average Bonchev–Trinajstić information content (AvgIpc) is 3.26. The third-order valence-corrected chi connectivity index (χ3v) is 6.82. The average molecular weight is 480 g/mol. The molecule has 3 aromatic heterocycles. The summed E-state index contributed by atoms with van der Waals surface area (Å²) in [6.45, 7) is 4.61. The number of fused-ring (bicyclic) bond motifs is 1. The van der Waals surface area contributed by atoms with Crippen LogP contribution >= 0.6 is 0 Å². The number of nitrogens with zero attached hydrogens (tertiary/aromatic N) is 4. The maximum absolute atomic E-state index is 13.1. The van der Waals surface area contributed by atoms with Gasteiger partial charge < -0.3 is 14.5 Å². The second-order valence-corrected chi connectivity index (χ2v) is 9.53. The Morgan fingerprint density at radius 2 is 1.67 bits per heavy atom. The summed E-state index contributed by atoms with van der Waals surface area (Å²) in [6, 6.07) is 15.3. The van der Waals surface area contributed by atoms with Crippen LogP contribution in [0.15, 0.2) is 64.4 Å². The fourth-order valence-electron chi connectivity index (χ4n) is 5.19. The molecule has 1 aliphatic rings. The van der Waals surface area contributed by atoms with Gasteiger partial charge in [0, 0.05) is 69.0 Å². The van der Waals surface area contributed by atoms with Crippen LogP contribution in [0.2, 0.25) is 0 Å². The second kappa shape index (κ2) is 8.97. The molecular weight excluding hydrogens is 450 g/mol. The molecule has 4 heterocycles. The van der Waals surface area contributed by atoms with Crippen molar-refractivity contribution in [1.29, 1.82) is 5.26 Å². The lowest BCUT2D eigenvalue weighted by Gasteiger charge is -2.19. The van der Waals surface area contributed by atoms with E-state index in [1.807, 2.05) is 38.4 Å². The molecule has 7 nitrogen and oxygen atoms in total. The van der Waals surface area contributed by atoms with Crippen molar-refractivity contribution in [2.24, 2.45) is 14.1 Å². The highest BCUT2D eigenvalue weighted by atomic mass is 16.1. The monoisotopic (exact) mass is 479 g/mol. The van der Waals surface area contributed by atoms with Crippen LogP contribution in [-0.4, -0.2) is 20.7 Å². The number of pyridine rings is 3. The minimum absolute atomic E-state index is 0. The first-order valence-corrected chi connectivity index (χ1v) is 11.9. The first-order valence-electron chi connectivity index (χ1n) is 11.9. The number of nitrogens with one attached hydrogen (secondary N) is 1. The zero-order valence-corrected chi connectivity index (χ0v) is 20.8. The van der Waals surface area contributed by atoms with Gasteiger partial charge in [0.15, 0.2) is 0 Å². The minimum Gasteiger partial charge on any atom is -0.380 e. The fourth-order valence-corrected chi connectivity index (χ4v) is 5.19. The molecule has 0 saturated heterocycles. The SMILES string of the molecule is Cc1cc(CC2CNc3c2c(-c2cc(=O)n(C)cc2-c2ccc(C#N)cc2)cn(C)c3=O)cc(C)n1.[HH]. The van der Waals surface area contributed by atoms with Crippen molar-refractivity contribution < 1.29 is 1.43 Å². The third kappa shape index (κ3) is 4.11. The molecule has 1 atom stereocenters. The molecule has 0 fully saturated rings. The molecule has 7 heteroatoms. The number of anilines is 1. The summed E-state index contributed by atoms with van der Waals surface area (Å²) in [7, 11) is 3.46. The predicted molar refractivity (Wildman–Crippen MR) is 143 cm³/mol. The van der Waals surface area contributed by atoms with Crippen molar-refractivity contribution in [2.75, 3.05) is 11.9 Å². The van der Waals surface area contributed by atoms with E-state index in [0.29, 0.717) is 17.8 Å². The zero-order valence-electron chi connectivity index (χ0n) is 20.8. The van der Waals surface area contributed by atoms with Crippen molar-refractivity contribution in [3.8, 4) is 28.3 Å². The largest absolute Gasteiger partial charge is 0.380 e. The van der Waals surface area contributed by atoms with E-state index in [9.17, 15) is 14.9 Å². The Kier molecular flexibility index (Phi) is 5.81. The van der Waals surface area contributed by atoms with Crippen LogP contribution in [0.25, 0.3) is 22.3 Å². The summed E-state index contributed by atoms with van der Waals surface area (Å²) < 4.78 is 3.13. The van der Waals surface area contributed by atoms with Crippen LogP contribution in [0.4, 0.5) is 5.69 Å². The maximum Gasteiger partial charge on any atom is 0.273 e. The summed E-state index contributed by atoms with van der Waals surface area (Å²) >= 11 is 0. The number of rotatable bonds is 4. The zero-order chi connectivity index (χ0) is 25.6. The first-order chi connectivity index (χ1) is 17.2. The molecule has 1 aliphatic heterocycles. The molecule has 4 aromatic rings. The number of hydrogen-bond acceptors (Lipinski definition) is 5. The van der Waals surface area contributed by atoms with Gasteiger partial charge in [-0.05, 0) is 66.8 Å². The van der Waals surface area contributed by atoms with Gasteiger partial charge in [-0.3, -0.25) is 14.6 Å². The van der Waals surface area contributed by atoms with Crippen molar-refractivity contribution in [2.45, 2.75) is 26.2 Å². The first kappa shape index (κ1) is 23.3. The van der Waals surface area contributed by atoms with Gasteiger partial charge in [0.25, 0.3) is 11.1 Å². The van der Waals surface area contributed by atoms with Crippen LogP contribution in [0.5, 0.6) is 0 Å². The van der Waals surface area contributed by atoms with Gasteiger partial charge in [-0.15, -0.1) is 0 Å². The quantitative estimate of drug-likeness (QED) is 0.471. The molecule has 0 spiro atoms. The van der Waals surface area contributed by atoms with E-state index < -0.39 is 0 Å². The highest BCUT2D eigenvalue weighted by Gasteiger charge is 2.30. The fraction of sp³-hybridized carbons (Fsp3) is 0.241. The Balaban J connectivity index is 0.00000320. The minimum atomic E-state index is -0.132. The summed E-state index contributed by atoms with van der Waals surface area (Å²) in [5.41, 5.74) is 8.38. The number of benzene rings is 1. The lowest BCUT2D eigenvalue weighted by molar-refractivity contribution is 0.747. The van der Waals surface area contributed by atoms with Gasteiger partial charge in [-0.1, -0.05) is 12.1 Å². The van der Waals surface area contributed by atoms with E-state index in [-0.39, 0.29) is 18.5 Å². The summed E-state index contributed by atoms with van der Waals surface area (Å²) in [4.78, 5) is 30.4. The molecule has 0 aliphatic carbocycles. The Hall–Kier alpha value is -4.44. The number of aromatic nitrogens is 3. The number of nitriles is 1. The second-order valence-electron chi connectivity index (χ2n) is 9.53. The molecule has 1 N–H and O–H groups in total. The normalized spacial score (nSPS) is 14.2. The predicted octanol–water partition coefficient (Wildman–Crippen LogP) is 4.30.